The molecule has 3 aromatic rings. The standard InChI is InChI=1S/C28H29FN2O4/c29-24-13-10-23(11-14-24)18-30(19-25-8-4-16-34-25)28(33)21-31(20-26-9-5-17-35-26)27(32)15-12-22-6-2-1-3-7-22/h1-4,6-8,10-16,26H,5,9,17-21H2. The van der Waals surface area contributed by atoms with Gasteiger partial charge >= 0.3 is 0 Å². The normalized spacial score (nSPS) is 15.4. The second kappa shape index (κ2) is 12.1. The van der Waals surface area contributed by atoms with Gasteiger partial charge in [0, 0.05) is 25.8 Å². The molecule has 6 nitrogen and oxygen atoms in total. The minimum absolute atomic E-state index is 0.0903. The summed E-state index contributed by atoms with van der Waals surface area (Å²) in [5.74, 6) is -0.194. The molecule has 1 aliphatic heterocycles. The molecule has 1 aliphatic rings. The Bertz CT molecular complexity index is 1110. The zero-order valence-electron chi connectivity index (χ0n) is 19.5. The Morgan fingerprint density at radius 2 is 1.77 bits per heavy atom. The van der Waals surface area contributed by atoms with Crippen LogP contribution < -0.4 is 0 Å². The molecule has 0 N–H and O–H groups in total. The average Bonchev–Trinajstić information content (AvgIpc) is 3.58. The fourth-order valence-electron chi connectivity index (χ4n) is 4.00. The van der Waals surface area contributed by atoms with E-state index < -0.39 is 0 Å². The third-order valence-corrected chi connectivity index (χ3v) is 5.87. The fourth-order valence-corrected chi connectivity index (χ4v) is 4.00. The van der Waals surface area contributed by atoms with Gasteiger partial charge in [-0.3, -0.25) is 9.59 Å². The second-order valence-electron chi connectivity index (χ2n) is 8.55. The third-order valence-electron chi connectivity index (χ3n) is 5.87. The van der Waals surface area contributed by atoms with Gasteiger partial charge in [0.05, 0.1) is 18.9 Å². The lowest BCUT2D eigenvalue weighted by Crippen LogP contribution is -2.44. The van der Waals surface area contributed by atoms with E-state index in [2.05, 4.69) is 0 Å². The van der Waals surface area contributed by atoms with E-state index in [0.29, 0.717) is 18.9 Å². The summed E-state index contributed by atoms with van der Waals surface area (Å²) in [4.78, 5) is 29.7. The van der Waals surface area contributed by atoms with Gasteiger partial charge in [0.15, 0.2) is 0 Å². The van der Waals surface area contributed by atoms with Crippen molar-refractivity contribution in [3.8, 4) is 0 Å². The Morgan fingerprint density at radius 1 is 0.971 bits per heavy atom. The molecule has 1 saturated heterocycles. The van der Waals surface area contributed by atoms with E-state index >= 15 is 0 Å². The van der Waals surface area contributed by atoms with Crippen LogP contribution in [0.25, 0.3) is 6.08 Å². The largest absolute Gasteiger partial charge is 0.467 e. The first kappa shape index (κ1) is 24.4. The van der Waals surface area contributed by atoms with E-state index in [1.165, 1.54) is 23.1 Å². The van der Waals surface area contributed by atoms with Crippen molar-refractivity contribution in [1.82, 2.24) is 9.80 Å². The molecule has 1 atom stereocenters. The number of amides is 2. The molecule has 0 bridgehead atoms. The van der Waals surface area contributed by atoms with Gasteiger partial charge in [-0.1, -0.05) is 42.5 Å². The number of hydrogen-bond donors (Lipinski definition) is 0. The van der Waals surface area contributed by atoms with Crippen LogP contribution in [0.15, 0.2) is 83.5 Å². The van der Waals surface area contributed by atoms with E-state index in [1.54, 1.807) is 41.5 Å². The van der Waals surface area contributed by atoms with Crippen LogP contribution in [0.5, 0.6) is 0 Å². The molecule has 0 radical (unpaired) electrons. The highest BCUT2D eigenvalue weighted by Crippen LogP contribution is 2.16. The molecular formula is C28H29FN2O4. The number of rotatable bonds is 10. The SMILES string of the molecule is O=C(C=Cc1ccccc1)N(CC(=O)N(Cc1ccc(F)cc1)Cc1ccco1)CC1CCCO1. The highest BCUT2D eigenvalue weighted by molar-refractivity contribution is 5.94. The predicted molar refractivity (Wildman–Crippen MR) is 130 cm³/mol. The number of benzene rings is 2. The number of carbonyl (C=O) groups is 2. The first-order valence-corrected chi connectivity index (χ1v) is 11.7. The van der Waals surface area contributed by atoms with E-state index in [9.17, 15) is 14.0 Å². The summed E-state index contributed by atoms with van der Waals surface area (Å²) in [6, 6.07) is 19.1. The minimum atomic E-state index is -0.337. The molecule has 35 heavy (non-hydrogen) atoms. The maximum atomic E-state index is 13.5. The summed E-state index contributed by atoms with van der Waals surface area (Å²) in [7, 11) is 0. The number of nitrogens with zero attached hydrogens (tertiary/aromatic N) is 2. The zero-order chi connectivity index (χ0) is 24.5. The van der Waals surface area contributed by atoms with Gasteiger partial charge in [0.25, 0.3) is 0 Å². The average molecular weight is 477 g/mol. The smallest absolute Gasteiger partial charge is 0.247 e. The maximum absolute atomic E-state index is 13.5. The van der Waals surface area contributed by atoms with Crippen molar-refractivity contribution >= 4 is 17.9 Å². The maximum Gasteiger partial charge on any atom is 0.247 e. The van der Waals surface area contributed by atoms with Gasteiger partial charge in [-0.15, -0.1) is 0 Å². The first-order valence-electron chi connectivity index (χ1n) is 11.7. The molecule has 0 spiro atoms. The summed E-state index contributed by atoms with van der Waals surface area (Å²) in [5.41, 5.74) is 1.69. The summed E-state index contributed by atoms with van der Waals surface area (Å²) in [5, 5.41) is 0. The van der Waals surface area contributed by atoms with E-state index in [-0.39, 0.29) is 43.4 Å². The van der Waals surface area contributed by atoms with Gasteiger partial charge in [0.1, 0.15) is 18.1 Å². The molecule has 2 aromatic carbocycles. The van der Waals surface area contributed by atoms with Gasteiger partial charge in [-0.25, -0.2) is 4.39 Å². The summed E-state index contributed by atoms with van der Waals surface area (Å²) < 4.78 is 24.6. The third kappa shape index (κ3) is 7.39. The Balaban J connectivity index is 1.50. The molecule has 2 heterocycles. The van der Waals surface area contributed by atoms with Crippen LogP contribution in [0.3, 0.4) is 0 Å². The van der Waals surface area contributed by atoms with Crippen molar-refractivity contribution in [3.05, 3.63) is 102 Å². The molecule has 4 rings (SSSR count). The van der Waals surface area contributed by atoms with E-state index in [0.717, 1.165) is 24.0 Å². The van der Waals surface area contributed by atoms with Crippen molar-refractivity contribution in [2.24, 2.45) is 0 Å². The highest BCUT2D eigenvalue weighted by atomic mass is 19.1. The lowest BCUT2D eigenvalue weighted by molar-refractivity contribution is -0.140. The van der Waals surface area contributed by atoms with Crippen molar-refractivity contribution in [2.75, 3.05) is 19.7 Å². The van der Waals surface area contributed by atoms with Crippen LogP contribution in [0.1, 0.15) is 29.7 Å². The number of furan rings is 1. The topological polar surface area (TPSA) is 63.0 Å². The van der Waals surface area contributed by atoms with Gasteiger partial charge < -0.3 is 19.0 Å². The Labute approximate surface area is 204 Å². The van der Waals surface area contributed by atoms with Crippen LogP contribution in [-0.4, -0.2) is 47.4 Å². The lowest BCUT2D eigenvalue weighted by atomic mass is 10.2. The number of ether oxygens (including phenoxy) is 1. The lowest BCUT2D eigenvalue weighted by Gasteiger charge is -2.28. The quantitative estimate of drug-likeness (QED) is 0.399. The summed E-state index contributed by atoms with van der Waals surface area (Å²) >= 11 is 0. The Hall–Kier alpha value is -3.71. The van der Waals surface area contributed by atoms with Crippen LogP contribution >= 0.6 is 0 Å². The molecule has 0 aliphatic carbocycles. The molecule has 7 heteroatoms. The first-order chi connectivity index (χ1) is 17.1. The molecule has 1 unspecified atom stereocenters. The number of carbonyl (C=O) groups excluding carboxylic acids is 2. The van der Waals surface area contributed by atoms with Crippen molar-refractivity contribution in [1.29, 1.82) is 0 Å². The van der Waals surface area contributed by atoms with E-state index in [1.807, 2.05) is 30.3 Å². The van der Waals surface area contributed by atoms with Crippen molar-refractivity contribution < 1.29 is 23.1 Å². The van der Waals surface area contributed by atoms with Crippen LogP contribution in [0.4, 0.5) is 4.39 Å². The summed E-state index contributed by atoms with van der Waals surface area (Å²) in [6.07, 6.45) is 6.50. The molecule has 182 valence electrons. The van der Waals surface area contributed by atoms with Crippen LogP contribution in [0, 0.1) is 5.82 Å². The molecular weight excluding hydrogens is 447 g/mol. The van der Waals surface area contributed by atoms with Crippen molar-refractivity contribution in [2.45, 2.75) is 32.0 Å². The fraction of sp³-hybridized carbons (Fsp3) is 0.286. The predicted octanol–water partition coefficient (Wildman–Crippen LogP) is 4.67. The number of hydrogen-bond acceptors (Lipinski definition) is 4. The van der Waals surface area contributed by atoms with Gasteiger partial charge in [-0.2, -0.15) is 0 Å². The summed E-state index contributed by atoms with van der Waals surface area (Å²) in [6.45, 7) is 1.41. The Kier molecular flexibility index (Phi) is 8.46. The van der Waals surface area contributed by atoms with E-state index in [4.69, 9.17) is 9.15 Å². The molecule has 1 fully saturated rings. The zero-order valence-corrected chi connectivity index (χ0v) is 19.5. The van der Waals surface area contributed by atoms with Crippen molar-refractivity contribution in [3.63, 3.8) is 0 Å². The highest BCUT2D eigenvalue weighted by Gasteiger charge is 2.26. The molecule has 2 amide bonds. The Morgan fingerprint density at radius 3 is 2.46 bits per heavy atom. The second-order valence-corrected chi connectivity index (χ2v) is 8.55. The van der Waals surface area contributed by atoms with Gasteiger partial charge in [-0.05, 0) is 54.3 Å². The number of halogens is 1. The molecule has 0 saturated carbocycles. The van der Waals surface area contributed by atoms with Crippen LogP contribution in [-0.2, 0) is 27.4 Å². The minimum Gasteiger partial charge on any atom is -0.467 e. The van der Waals surface area contributed by atoms with Gasteiger partial charge in [0.2, 0.25) is 11.8 Å². The monoisotopic (exact) mass is 476 g/mol. The molecule has 1 aromatic heterocycles. The van der Waals surface area contributed by atoms with Crippen LogP contribution in [0.2, 0.25) is 0 Å².